The van der Waals surface area contributed by atoms with Crippen LogP contribution in [0.1, 0.15) is 10.5 Å². The van der Waals surface area contributed by atoms with Crippen LogP contribution in [0.4, 0.5) is 0 Å². The zero-order valence-corrected chi connectivity index (χ0v) is 8.09. The van der Waals surface area contributed by atoms with Gasteiger partial charge in [-0.05, 0) is 12.1 Å². The third-order valence-electron chi connectivity index (χ3n) is 1.86. The molecule has 0 aliphatic carbocycles. The molecule has 0 atom stereocenters. The molecule has 0 saturated heterocycles. The highest BCUT2D eigenvalue weighted by Gasteiger charge is 2.21. The van der Waals surface area contributed by atoms with Crippen molar-refractivity contribution in [1.82, 2.24) is 15.1 Å². The summed E-state index contributed by atoms with van der Waals surface area (Å²) < 4.78 is 0. The third kappa shape index (κ3) is 1.97. The van der Waals surface area contributed by atoms with Crippen LogP contribution in [-0.2, 0) is 4.79 Å². The molecular weight excluding hydrogens is 210 g/mol. The van der Waals surface area contributed by atoms with E-state index in [9.17, 15) is 9.59 Å². The summed E-state index contributed by atoms with van der Waals surface area (Å²) in [6.45, 7) is 0. The summed E-state index contributed by atoms with van der Waals surface area (Å²) in [7, 11) is 0. The summed E-state index contributed by atoms with van der Waals surface area (Å²) in [5.41, 5.74) is 0.196. The maximum atomic E-state index is 11.8. The SMILES string of the molecule is O=CN1C=NC(C(=O)c2cccnn2)N=C1. The topological polar surface area (TPSA) is 87.9 Å². The van der Waals surface area contributed by atoms with Crippen molar-refractivity contribution in [1.29, 1.82) is 0 Å². The lowest BCUT2D eigenvalue weighted by Crippen LogP contribution is -2.28. The maximum Gasteiger partial charge on any atom is 0.229 e. The second kappa shape index (κ2) is 4.39. The van der Waals surface area contributed by atoms with E-state index >= 15 is 0 Å². The molecule has 0 saturated carbocycles. The molecule has 7 nitrogen and oxygen atoms in total. The van der Waals surface area contributed by atoms with Gasteiger partial charge in [0.2, 0.25) is 18.4 Å². The minimum atomic E-state index is -0.882. The molecule has 1 aromatic heterocycles. The predicted molar refractivity (Wildman–Crippen MR) is 55.0 cm³/mol. The Morgan fingerprint density at radius 3 is 2.69 bits per heavy atom. The van der Waals surface area contributed by atoms with Gasteiger partial charge in [0, 0.05) is 6.20 Å². The smallest absolute Gasteiger partial charge is 0.229 e. The highest BCUT2D eigenvalue weighted by atomic mass is 16.1. The fraction of sp³-hybridized carbons (Fsp3) is 0.111. The Hall–Kier alpha value is -2.44. The van der Waals surface area contributed by atoms with Gasteiger partial charge in [-0.2, -0.15) is 5.10 Å². The number of hydrogen-bond acceptors (Lipinski definition) is 6. The number of carbonyl (C=O) groups excluding carboxylic acids is 2. The third-order valence-corrected chi connectivity index (χ3v) is 1.86. The first kappa shape index (κ1) is 10.1. The molecular formula is C9H7N5O2. The Balaban J connectivity index is 2.14. The van der Waals surface area contributed by atoms with Gasteiger partial charge in [-0.1, -0.05) is 0 Å². The van der Waals surface area contributed by atoms with Crippen molar-refractivity contribution in [2.24, 2.45) is 9.98 Å². The second-order valence-corrected chi connectivity index (χ2v) is 2.93. The molecule has 1 aromatic rings. The van der Waals surface area contributed by atoms with Gasteiger partial charge >= 0.3 is 0 Å². The summed E-state index contributed by atoms with van der Waals surface area (Å²) in [6, 6.07) is 3.14. The largest absolute Gasteiger partial charge is 0.288 e. The van der Waals surface area contributed by atoms with Crippen LogP contribution >= 0.6 is 0 Å². The van der Waals surface area contributed by atoms with E-state index < -0.39 is 6.17 Å². The first-order valence-corrected chi connectivity index (χ1v) is 4.42. The number of Topliss-reactive ketones (excluding diaryl/α,β-unsaturated/α-hetero) is 1. The van der Waals surface area contributed by atoms with Crippen LogP contribution in [0.3, 0.4) is 0 Å². The van der Waals surface area contributed by atoms with Gasteiger partial charge in [0.1, 0.15) is 18.4 Å². The van der Waals surface area contributed by atoms with Crippen molar-refractivity contribution in [2.45, 2.75) is 6.17 Å². The molecule has 1 aliphatic rings. The highest BCUT2D eigenvalue weighted by Crippen LogP contribution is 2.05. The van der Waals surface area contributed by atoms with E-state index in [2.05, 4.69) is 20.2 Å². The molecule has 0 aromatic carbocycles. The molecule has 0 bridgehead atoms. The summed E-state index contributed by atoms with van der Waals surface area (Å²) in [5, 5.41) is 7.25. The van der Waals surface area contributed by atoms with Crippen LogP contribution in [-0.4, -0.2) is 46.1 Å². The molecule has 1 amide bonds. The molecule has 2 rings (SSSR count). The van der Waals surface area contributed by atoms with E-state index in [4.69, 9.17) is 0 Å². The van der Waals surface area contributed by atoms with Gasteiger partial charge in [0.25, 0.3) is 0 Å². The van der Waals surface area contributed by atoms with E-state index in [1.807, 2.05) is 0 Å². The Labute approximate surface area is 90.5 Å². The van der Waals surface area contributed by atoms with Gasteiger partial charge in [0.15, 0.2) is 0 Å². The number of carbonyl (C=O) groups is 2. The van der Waals surface area contributed by atoms with E-state index in [0.717, 1.165) is 4.90 Å². The Bertz CT molecular complexity index is 442. The summed E-state index contributed by atoms with van der Waals surface area (Å²) >= 11 is 0. The second-order valence-electron chi connectivity index (χ2n) is 2.93. The lowest BCUT2D eigenvalue weighted by atomic mass is 10.2. The number of aromatic nitrogens is 2. The van der Waals surface area contributed by atoms with Crippen molar-refractivity contribution < 1.29 is 9.59 Å². The molecule has 0 fully saturated rings. The van der Waals surface area contributed by atoms with Crippen molar-refractivity contribution in [3.63, 3.8) is 0 Å². The lowest BCUT2D eigenvalue weighted by molar-refractivity contribution is -0.112. The van der Waals surface area contributed by atoms with Crippen molar-refractivity contribution >= 4 is 24.9 Å². The van der Waals surface area contributed by atoms with Crippen LogP contribution in [0.2, 0.25) is 0 Å². The van der Waals surface area contributed by atoms with Gasteiger partial charge in [0.05, 0.1) is 0 Å². The van der Waals surface area contributed by atoms with Crippen LogP contribution in [0.5, 0.6) is 0 Å². The van der Waals surface area contributed by atoms with Crippen LogP contribution in [0.15, 0.2) is 28.3 Å². The average Bonchev–Trinajstić information content (AvgIpc) is 2.39. The molecule has 0 radical (unpaired) electrons. The average molecular weight is 217 g/mol. The normalized spacial score (nSPS) is 15.1. The molecule has 0 spiro atoms. The summed E-state index contributed by atoms with van der Waals surface area (Å²) in [6.07, 6.45) is 3.60. The molecule has 0 N–H and O–H groups in total. The zero-order valence-electron chi connectivity index (χ0n) is 8.09. The van der Waals surface area contributed by atoms with Crippen LogP contribution in [0, 0.1) is 0 Å². The molecule has 80 valence electrons. The molecule has 2 heterocycles. The first-order valence-electron chi connectivity index (χ1n) is 4.42. The van der Waals surface area contributed by atoms with E-state index in [1.165, 1.54) is 24.9 Å². The molecule has 0 unspecified atom stereocenters. The minimum Gasteiger partial charge on any atom is -0.288 e. The van der Waals surface area contributed by atoms with Crippen molar-refractivity contribution in [2.75, 3.05) is 0 Å². The fourth-order valence-electron chi connectivity index (χ4n) is 1.10. The van der Waals surface area contributed by atoms with Gasteiger partial charge in [-0.15, -0.1) is 5.10 Å². The number of nitrogens with zero attached hydrogens (tertiary/aromatic N) is 5. The van der Waals surface area contributed by atoms with Crippen LogP contribution in [0.25, 0.3) is 0 Å². The minimum absolute atomic E-state index is 0.196. The number of ketones is 1. The highest BCUT2D eigenvalue weighted by molar-refractivity contribution is 6.02. The van der Waals surface area contributed by atoms with Crippen molar-refractivity contribution in [3.05, 3.63) is 24.0 Å². The Morgan fingerprint density at radius 2 is 2.12 bits per heavy atom. The summed E-state index contributed by atoms with van der Waals surface area (Å²) in [5.74, 6) is -0.355. The Morgan fingerprint density at radius 1 is 1.38 bits per heavy atom. The number of hydrogen-bond donors (Lipinski definition) is 0. The standard InChI is InChI=1S/C9H7N5O2/c15-6-14-4-10-9(11-5-14)8(16)7-2-1-3-12-13-7/h1-6,9H. The monoisotopic (exact) mass is 217 g/mol. The first-order chi connectivity index (χ1) is 7.81. The molecule has 16 heavy (non-hydrogen) atoms. The van der Waals surface area contributed by atoms with Crippen LogP contribution < -0.4 is 0 Å². The number of aliphatic imine (C=N–C) groups is 2. The summed E-state index contributed by atoms with van der Waals surface area (Å²) in [4.78, 5) is 30.8. The van der Waals surface area contributed by atoms with Gasteiger partial charge < -0.3 is 0 Å². The quantitative estimate of drug-likeness (QED) is 0.505. The van der Waals surface area contributed by atoms with Gasteiger partial charge in [-0.25, -0.2) is 9.98 Å². The molecule has 7 heteroatoms. The van der Waals surface area contributed by atoms with E-state index in [-0.39, 0.29) is 11.5 Å². The number of amides is 1. The Kier molecular flexibility index (Phi) is 2.77. The van der Waals surface area contributed by atoms with Gasteiger partial charge in [-0.3, -0.25) is 14.5 Å². The fourth-order valence-corrected chi connectivity index (χ4v) is 1.10. The zero-order chi connectivity index (χ0) is 11.4. The predicted octanol–water partition coefficient (Wildman–Crippen LogP) is -0.486. The lowest BCUT2D eigenvalue weighted by Gasteiger charge is -2.13. The van der Waals surface area contributed by atoms with Crippen molar-refractivity contribution in [3.8, 4) is 0 Å². The number of rotatable bonds is 3. The van der Waals surface area contributed by atoms with E-state index in [0.29, 0.717) is 6.41 Å². The van der Waals surface area contributed by atoms with E-state index in [1.54, 1.807) is 6.07 Å². The molecule has 1 aliphatic heterocycles. The maximum absolute atomic E-state index is 11.8.